The van der Waals surface area contributed by atoms with Crippen molar-refractivity contribution >= 4 is 17.6 Å². The lowest BCUT2D eigenvalue weighted by molar-refractivity contribution is 0.450. The Morgan fingerprint density at radius 2 is 2.20 bits per heavy atom. The molecule has 0 atom stereocenters. The molecule has 2 heterocycles. The summed E-state index contributed by atoms with van der Waals surface area (Å²) < 4.78 is 7.11. The van der Waals surface area contributed by atoms with Gasteiger partial charge in [-0.15, -0.1) is 11.3 Å². The van der Waals surface area contributed by atoms with Gasteiger partial charge in [0.25, 0.3) is 0 Å². The van der Waals surface area contributed by atoms with Crippen LogP contribution in [0.25, 0.3) is 11.5 Å². The quantitative estimate of drug-likeness (QED) is 0.542. The Hall–Kier alpha value is -3.06. The fraction of sp³-hybridized carbons (Fsp3) is 0.111. The van der Waals surface area contributed by atoms with Gasteiger partial charge in [0.15, 0.2) is 5.76 Å². The van der Waals surface area contributed by atoms with Crippen molar-refractivity contribution in [3.05, 3.63) is 64.5 Å². The number of phenolic OH excluding ortho intramolecular Hbond substituents is 2. The number of nitrogens with zero attached hydrogens (tertiary/aromatic N) is 3. The number of thiazole rings is 1. The number of benzene rings is 1. The second-order valence-electron chi connectivity index (χ2n) is 5.45. The minimum atomic E-state index is -0.0560. The van der Waals surface area contributed by atoms with Gasteiger partial charge in [0.05, 0.1) is 19.0 Å². The van der Waals surface area contributed by atoms with E-state index in [1.807, 2.05) is 18.4 Å². The van der Waals surface area contributed by atoms with Crippen molar-refractivity contribution in [2.75, 3.05) is 6.54 Å². The fourth-order valence-corrected chi connectivity index (χ4v) is 2.90. The molecule has 0 spiro atoms. The Kier molecular flexibility index (Phi) is 4.85. The van der Waals surface area contributed by atoms with Gasteiger partial charge in [0.1, 0.15) is 17.2 Å². The first-order valence-electron chi connectivity index (χ1n) is 7.50. The van der Waals surface area contributed by atoms with Gasteiger partial charge < -0.3 is 14.6 Å². The predicted molar refractivity (Wildman–Crippen MR) is 98.0 cm³/mol. The molecule has 0 bridgehead atoms. The third-order valence-electron chi connectivity index (χ3n) is 3.27. The molecule has 0 unspecified atom stereocenters. The van der Waals surface area contributed by atoms with E-state index in [1.165, 1.54) is 29.7 Å². The summed E-state index contributed by atoms with van der Waals surface area (Å²) in [7, 11) is 0. The van der Waals surface area contributed by atoms with E-state index in [0.29, 0.717) is 22.7 Å². The molecule has 1 aromatic carbocycles. The molecule has 2 aromatic heterocycles. The number of hydrogen-bond acceptors (Lipinski definition) is 6. The molecule has 0 aliphatic carbocycles. The van der Waals surface area contributed by atoms with Crippen LogP contribution >= 0.6 is 11.3 Å². The van der Waals surface area contributed by atoms with Crippen LogP contribution in [0.4, 0.5) is 0 Å². The van der Waals surface area contributed by atoms with E-state index in [2.05, 4.69) is 16.7 Å². The van der Waals surface area contributed by atoms with Gasteiger partial charge in [-0.05, 0) is 31.2 Å². The number of aromatic hydroxyl groups is 2. The Morgan fingerprint density at radius 3 is 2.88 bits per heavy atom. The number of phenols is 2. The van der Waals surface area contributed by atoms with Gasteiger partial charge in [-0.25, -0.2) is 4.68 Å². The standard InChI is InChI=1S/C18H17N3O3S/c1-12(2)9-19-18-21(15(11-25-18)17-4-3-7-24-17)20-10-13-5-6-14(22)8-16(13)23/h3-8,10-11,22-23H,1,9H2,2H3. The molecule has 0 fully saturated rings. The van der Waals surface area contributed by atoms with Crippen LogP contribution in [0.3, 0.4) is 0 Å². The minimum absolute atomic E-state index is 0.00809. The minimum Gasteiger partial charge on any atom is -0.508 e. The van der Waals surface area contributed by atoms with Gasteiger partial charge in [-0.3, -0.25) is 4.99 Å². The van der Waals surface area contributed by atoms with Crippen LogP contribution in [0.1, 0.15) is 12.5 Å². The highest BCUT2D eigenvalue weighted by molar-refractivity contribution is 7.07. The first-order chi connectivity index (χ1) is 12.0. The Morgan fingerprint density at radius 1 is 1.36 bits per heavy atom. The monoisotopic (exact) mass is 355 g/mol. The molecule has 0 aliphatic rings. The van der Waals surface area contributed by atoms with Crippen LogP contribution in [0, 0.1) is 0 Å². The highest BCUT2D eigenvalue weighted by Gasteiger charge is 2.10. The molecule has 0 radical (unpaired) electrons. The average Bonchev–Trinajstić information content (AvgIpc) is 3.21. The fourth-order valence-electron chi connectivity index (χ4n) is 2.08. The van der Waals surface area contributed by atoms with E-state index >= 15 is 0 Å². The first kappa shape index (κ1) is 16.8. The van der Waals surface area contributed by atoms with Gasteiger partial charge in [0, 0.05) is 17.0 Å². The van der Waals surface area contributed by atoms with Crippen molar-refractivity contribution in [3.63, 3.8) is 0 Å². The highest BCUT2D eigenvalue weighted by Crippen LogP contribution is 2.22. The molecule has 6 nitrogen and oxygen atoms in total. The molecule has 0 saturated heterocycles. The van der Waals surface area contributed by atoms with Gasteiger partial charge >= 0.3 is 0 Å². The molecular weight excluding hydrogens is 338 g/mol. The number of aromatic nitrogens is 1. The van der Waals surface area contributed by atoms with E-state index in [1.54, 1.807) is 23.1 Å². The maximum atomic E-state index is 9.91. The topological polar surface area (TPSA) is 83.2 Å². The van der Waals surface area contributed by atoms with Crippen LogP contribution in [-0.2, 0) is 0 Å². The predicted octanol–water partition coefficient (Wildman–Crippen LogP) is 3.58. The maximum absolute atomic E-state index is 9.91. The molecule has 128 valence electrons. The number of furan rings is 1. The molecule has 3 rings (SSSR count). The molecule has 0 aliphatic heterocycles. The Bertz CT molecular complexity index is 981. The Balaban J connectivity index is 2.06. The van der Waals surface area contributed by atoms with E-state index in [4.69, 9.17) is 4.42 Å². The van der Waals surface area contributed by atoms with Gasteiger partial charge in [-0.2, -0.15) is 5.10 Å². The number of rotatable bonds is 5. The highest BCUT2D eigenvalue weighted by atomic mass is 32.1. The van der Waals surface area contributed by atoms with Crippen LogP contribution in [0.15, 0.2) is 68.6 Å². The van der Waals surface area contributed by atoms with Crippen molar-refractivity contribution in [3.8, 4) is 23.0 Å². The third-order valence-corrected chi connectivity index (χ3v) is 4.12. The molecule has 2 N–H and O–H groups in total. The lowest BCUT2D eigenvalue weighted by Crippen LogP contribution is -2.12. The zero-order valence-corrected chi connectivity index (χ0v) is 14.4. The van der Waals surface area contributed by atoms with E-state index in [-0.39, 0.29) is 11.5 Å². The molecule has 25 heavy (non-hydrogen) atoms. The van der Waals surface area contributed by atoms with Crippen LogP contribution < -0.4 is 4.80 Å². The molecule has 3 aromatic rings. The lowest BCUT2D eigenvalue weighted by atomic mass is 10.2. The molecule has 0 amide bonds. The zero-order chi connectivity index (χ0) is 17.8. The van der Waals surface area contributed by atoms with Crippen molar-refractivity contribution in [1.29, 1.82) is 0 Å². The third kappa shape index (κ3) is 3.89. The SMILES string of the molecule is C=C(C)CN=c1scc(-c2ccco2)n1N=Cc1ccc(O)cc1O. The normalized spacial score (nSPS) is 12.1. The summed E-state index contributed by atoms with van der Waals surface area (Å²) in [6.07, 6.45) is 3.10. The second kappa shape index (κ2) is 7.23. The lowest BCUT2D eigenvalue weighted by Gasteiger charge is -2.02. The van der Waals surface area contributed by atoms with Crippen molar-refractivity contribution in [2.45, 2.75) is 6.92 Å². The summed E-state index contributed by atoms with van der Waals surface area (Å²) in [5.74, 6) is 0.603. The molecule has 7 heteroatoms. The summed E-state index contributed by atoms with van der Waals surface area (Å²) >= 11 is 1.44. The summed E-state index contributed by atoms with van der Waals surface area (Å²) in [4.78, 5) is 5.19. The van der Waals surface area contributed by atoms with Gasteiger partial charge in [0.2, 0.25) is 4.80 Å². The Labute approximate surface area is 148 Å². The summed E-state index contributed by atoms with van der Waals surface area (Å²) in [5, 5.41) is 25.6. The van der Waals surface area contributed by atoms with Crippen molar-refractivity contribution < 1.29 is 14.6 Å². The summed E-state index contributed by atoms with van der Waals surface area (Å²) in [6.45, 7) is 6.27. The van der Waals surface area contributed by atoms with Gasteiger partial charge in [-0.1, -0.05) is 12.2 Å². The van der Waals surface area contributed by atoms with Crippen LogP contribution in [0.2, 0.25) is 0 Å². The smallest absolute Gasteiger partial charge is 0.206 e. The maximum Gasteiger partial charge on any atom is 0.206 e. The zero-order valence-electron chi connectivity index (χ0n) is 13.6. The second-order valence-corrected chi connectivity index (χ2v) is 6.29. The number of hydrogen-bond donors (Lipinski definition) is 2. The van der Waals surface area contributed by atoms with Crippen molar-refractivity contribution in [1.82, 2.24) is 4.68 Å². The first-order valence-corrected chi connectivity index (χ1v) is 8.38. The molecule has 0 saturated carbocycles. The summed E-state index contributed by atoms with van der Waals surface area (Å²) in [5.41, 5.74) is 2.18. The largest absolute Gasteiger partial charge is 0.508 e. The van der Waals surface area contributed by atoms with E-state index in [0.717, 1.165) is 11.3 Å². The molecular formula is C18H17N3O3S. The van der Waals surface area contributed by atoms with Crippen molar-refractivity contribution in [2.24, 2.45) is 10.1 Å². The van der Waals surface area contributed by atoms with E-state index in [9.17, 15) is 10.2 Å². The summed E-state index contributed by atoms with van der Waals surface area (Å²) in [6, 6.07) is 7.98. The van der Waals surface area contributed by atoms with Crippen LogP contribution in [-0.4, -0.2) is 27.6 Å². The average molecular weight is 355 g/mol. The van der Waals surface area contributed by atoms with E-state index < -0.39 is 0 Å². The van der Waals surface area contributed by atoms with Crippen LogP contribution in [0.5, 0.6) is 11.5 Å².